The lowest BCUT2D eigenvalue weighted by atomic mass is 10.00. The summed E-state index contributed by atoms with van der Waals surface area (Å²) in [5.74, 6) is 2.04. The van der Waals surface area contributed by atoms with Crippen molar-refractivity contribution >= 4 is 0 Å². The van der Waals surface area contributed by atoms with E-state index in [2.05, 4.69) is 29.3 Å². The molecule has 0 aliphatic carbocycles. The maximum absolute atomic E-state index is 5.39. The first kappa shape index (κ1) is 14.5. The summed E-state index contributed by atoms with van der Waals surface area (Å²) in [5.41, 5.74) is 0. The van der Waals surface area contributed by atoms with Gasteiger partial charge in [0.2, 0.25) is 5.89 Å². The van der Waals surface area contributed by atoms with E-state index < -0.39 is 0 Å². The third-order valence-corrected chi connectivity index (χ3v) is 3.67. The fourth-order valence-electron chi connectivity index (χ4n) is 2.39. The van der Waals surface area contributed by atoms with Crippen LogP contribution < -0.4 is 5.32 Å². The standard InChI is InChI=1S/C14H25N3O2/c1-3-7-15-12(4-2)10-13-16-14(17-19-13)11-5-8-18-9-6-11/h11-12,15H,3-10H2,1-2H3. The fourth-order valence-corrected chi connectivity index (χ4v) is 2.39. The summed E-state index contributed by atoms with van der Waals surface area (Å²) in [6.45, 7) is 7.02. The maximum atomic E-state index is 5.39. The van der Waals surface area contributed by atoms with Gasteiger partial charge in [-0.05, 0) is 32.2 Å². The highest BCUT2D eigenvalue weighted by atomic mass is 16.5. The summed E-state index contributed by atoms with van der Waals surface area (Å²) in [6.07, 6.45) is 5.06. The second-order valence-electron chi connectivity index (χ2n) is 5.20. The Morgan fingerprint density at radius 2 is 2.11 bits per heavy atom. The summed E-state index contributed by atoms with van der Waals surface area (Å²) < 4.78 is 10.7. The van der Waals surface area contributed by atoms with E-state index in [4.69, 9.17) is 9.26 Å². The van der Waals surface area contributed by atoms with E-state index in [1.54, 1.807) is 0 Å². The number of ether oxygens (including phenoxy) is 1. The minimum Gasteiger partial charge on any atom is -0.381 e. The second-order valence-corrected chi connectivity index (χ2v) is 5.20. The van der Waals surface area contributed by atoms with E-state index in [0.717, 1.165) is 63.6 Å². The largest absolute Gasteiger partial charge is 0.381 e. The van der Waals surface area contributed by atoms with Gasteiger partial charge in [-0.2, -0.15) is 4.98 Å². The summed E-state index contributed by atoms with van der Waals surface area (Å²) in [4.78, 5) is 4.56. The Hall–Kier alpha value is -0.940. The Kier molecular flexibility index (Phi) is 5.79. The molecule has 2 heterocycles. The topological polar surface area (TPSA) is 60.2 Å². The molecule has 1 aliphatic heterocycles. The van der Waals surface area contributed by atoms with Crippen molar-refractivity contribution in [3.05, 3.63) is 11.7 Å². The molecule has 1 saturated heterocycles. The molecular weight excluding hydrogens is 242 g/mol. The van der Waals surface area contributed by atoms with E-state index in [1.807, 2.05) is 0 Å². The average molecular weight is 267 g/mol. The summed E-state index contributed by atoms with van der Waals surface area (Å²) >= 11 is 0. The second kappa shape index (κ2) is 7.60. The van der Waals surface area contributed by atoms with E-state index in [9.17, 15) is 0 Å². The van der Waals surface area contributed by atoms with Gasteiger partial charge < -0.3 is 14.6 Å². The first-order chi connectivity index (χ1) is 9.33. The smallest absolute Gasteiger partial charge is 0.228 e. The van der Waals surface area contributed by atoms with Crippen molar-refractivity contribution < 1.29 is 9.26 Å². The zero-order chi connectivity index (χ0) is 13.5. The highest BCUT2D eigenvalue weighted by molar-refractivity contribution is 4.97. The van der Waals surface area contributed by atoms with Gasteiger partial charge in [0.1, 0.15) is 0 Å². The average Bonchev–Trinajstić information content (AvgIpc) is 2.93. The van der Waals surface area contributed by atoms with Gasteiger partial charge in [0.25, 0.3) is 0 Å². The quantitative estimate of drug-likeness (QED) is 0.821. The van der Waals surface area contributed by atoms with Crippen molar-refractivity contribution in [2.75, 3.05) is 19.8 Å². The van der Waals surface area contributed by atoms with Gasteiger partial charge in [0, 0.05) is 31.6 Å². The Labute approximate surface area is 115 Å². The van der Waals surface area contributed by atoms with Crippen LogP contribution in [0.5, 0.6) is 0 Å². The number of hydrogen-bond acceptors (Lipinski definition) is 5. The molecule has 1 atom stereocenters. The van der Waals surface area contributed by atoms with Crippen LogP contribution in [0.3, 0.4) is 0 Å². The number of aromatic nitrogens is 2. The summed E-state index contributed by atoms with van der Waals surface area (Å²) in [5, 5.41) is 7.65. The van der Waals surface area contributed by atoms with Crippen LogP contribution in [0.1, 0.15) is 57.2 Å². The predicted molar refractivity (Wildman–Crippen MR) is 73.2 cm³/mol. The minimum atomic E-state index is 0.412. The summed E-state index contributed by atoms with van der Waals surface area (Å²) in [6, 6.07) is 0.433. The van der Waals surface area contributed by atoms with Crippen molar-refractivity contribution in [1.29, 1.82) is 0 Å². The molecule has 5 nitrogen and oxygen atoms in total. The van der Waals surface area contributed by atoms with Gasteiger partial charge in [0.05, 0.1) is 0 Å². The molecule has 1 unspecified atom stereocenters. The van der Waals surface area contributed by atoms with Gasteiger partial charge in [0.15, 0.2) is 5.82 Å². The number of hydrogen-bond donors (Lipinski definition) is 1. The molecule has 1 fully saturated rings. The highest BCUT2D eigenvalue weighted by Gasteiger charge is 2.22. The fraction of sp³-hybridized carbons (Fsp3) is 0.857. The molecule has 1 aromatic rings. The Balaban J connectivity index is 1.88. The van der Waals surface area contributed by atoms with Crippen LogP contribution >= 0.6 is 0 Å². The third-order valence-electron chi connectivity index (χ3n) is 3.67. The Morgan fingerprint density at radius 3 is 2.79 bits per heavy atom. The Bertz CT molecular complexity index is 361. The van der Waals surface area contributed by atoms with Crippen molar-refractivity contribution in [1.82, 2.24) is 15.5 Å². The van der Waals surface area contributed by atoms with Crippen LogP contribution in [0.4, 0.5) is 0 Å². The number of nitrogens with one attached hydrogen (secondary N) is 1. The van der Waals surface area contributed by atoms with Crippen LogP contribution in [-0.4, -0.2) is 35.9 Å². The van der Waals surface area contributed by atoms with Crippen LogP contribution in [0.2, 0.25) is 0 Å². The predicted octanol–water partition coefficient (Wildman–Crippen LogP) is 2.28. The van der Waals surface area contributed by atoms with Crippen LogP contribution in [0, 0.1) is 0 Å². The van der Waals surface area contributed by atoms with E-state index in [-0.39, 0.29) is 0 Å². The van der Waals surface area contributed by atoms with Crippen LogP contribution in [0.25, 0.3) is 0 Å². The van der Waals surface area contributed by atoms with Crippen molar-refractivity contribution in [3.8, 4) is 0 Å². The molecule has 1 aliphatic rings. The number of rotatable bonds is 7. The van der Waals surface area contributed by atoms with Crippen molar-refractivity contribution in [2.45, 2.75) is 57.9 Å². The monoisotopic (exact) mass is 267 g/mol. The third kappa shape index (κ3) is 4.28. The molecule has 0 saturated carbocycles. The molecular formula is C14H25N3O2. The molecule has 0 aromatic carbocycles. The number of nitrogens with zero attached hydrogens (tertiary/aromatic N) is 2. The lowest BCUT2D eigenvalue weighted by Gasteiger charge is -2.18. The zero-order valence-corrected chi connectivity index (χ0v) is 12.0. The molecule has 0 spiro atoms. The molecule has 2 rings (SSSR count). The minimum absolute atomic E-state index is 0.412. The molecule has 1 N–H and O–H groups in total. The van der Waals surface area contributed by atoms with Crippen molar-refractivity contribution in [2.24, 2.45) is 0 Å². The lowest BCUT2D eigenvalue weighted by Crippen LogP contribution is -2.31. The van der Waals surface area contributed by atoms with E-state index in [0.29, 0.717) is 12.0 Å². The normalized spacial score (nSPS) is 18.6. The molecule has 19 heavy (non-hydrogen) atoms. The first-order valence-corrected chi connectivity index (χ1v) is 7.47. The van der Waals surface area contributed by atoms with E-state index >= 15 is 0 Å². The molecule has 0 radical (unpaired) electrons. The van der Waals surface area contributed by atoms with Gasteiger partial charge in [-0.1, -0.05) is 19.0 Å². The van der Waals surface area contributed by atoms with Gasteiger partial charge in [-0.25, -0.2) is 0 Å². The van der Waals surface area contributed by atoms with Gasteiger partial charge >= 0.3 is 0 Å². The summed E-state index contributed by atoms with van der Waals surface area (Å²) in [7, 11) is 0. The first-order valence-electron chi connectivity index (χ1n) is 7.47. The van der Waals surface area contributed by atoms with Crippen LogP contribution in [0.15, 0.2) is 4.52 Å². The van der Waals surface area contributed by atoms with Gasteiger partial charge in [-0.3, -0.25) is 0 Å². The molecule has 108 valence electrons. The SMILES string of the molecule is CCCNC(CC)Cc1nc(C2CCOCC2)no1. The van der Waals surface area contributed by atoms with Gasteiger partial charge in [-0.15, -0.1) is 0 Å². The lowest BCUT2D eigenvalue weighted by molar-refractivity contribution is 0.0830. The highest BCUT2D eigenvalue weighted by Crippen LogP contribution is 2.24. The Morgan fingerprint density at radius 1 is 1.32 bits per heavy atom. The van der Waals surface area contributed by atoms with Crippen molar-refractivity contribution in [3.63, 3.8) is 0 Å². The molecule has 0 bridgehead atoms. The molecule has 1 aromatic heterocycles. The molecule has 5 heteroatoms. The zero-order valence-electron chi connectivity index (χ0n) is 12.0. The van der Waals surface area contributed by atoms with Crippen LogP contribution in [-0.2, 0) is 11.2 Å². The maximum Gasteiger partial charge on any atom is 0.228 e. The van der Waals surface area contributed by atoms with E-state index in [1.165, 1.54) is 0 Å². The molecule has 0 amide bonds.